The van der Waals surface area contributed by atoms with E-state index in [1.165, 1.54) is 6.07 Å². The van der Waals surface area contributed by atoms with Crippen molar-refractivity contribution < 1.29 is 13.9 Å². The molecule has 0 radical (unpaired) electrons. The summed E-state index contributed by atoms with van der Waals surface area (Å²) in [6.45, 7) is 5.24. The number of hydrogen-bond acceptors (Lipinski definition) is 3. The third-order valence-corrected chi connectivity index (χ3v) is 2.96. The number of halogens is 1. The Balaban J connectivity index is 2.91. The summed E-state index contributed by atoms with van der Waals surface area (Å²) in [7, 11) is 0. The van der Waals surface area contributed by atoms with Gasteiger partial charge in [-0.25, -0.2) is 4.39 Å². The highest BCUT2D eigenvalue weighted by Crippen LogP contribution is 2.31. The zero-order chi connectivity index (χ0) is 14.1. The number of thiol groups is 1. The van der Waals surface area contributed by atoms with Crippen LogP contribution in [0.2, 0.25) is 0 Å². The molecule has 108 valence electrons. The van der Waals surface area contributed by atoms with E-state index < -0.39 is 0 Å². The van der Waals surface area contributed by atoms with E-state index in [-0.39, 0.29) is 5.82 Å². The minimum absolute atomic E-state index is 0.225. The smallest absolute Gasteiger partial charge is 0.164 e. The molecule has 0 aliphatic carbocycles. The van der Waals surface area contributed by atoms with E-state index in [0.29, 0.717) is 36.7 Å². The van der Waals surface area contributed by atoms with Gasteiger partial charge in [-0.3, -0.25) is 0 Å². The van der Waals surface area contributed by atoms with Crippen molar-refractivity contribution in [1.29, 1.82) is 0 Å². The molecular formula is C15H23FO2S. The van der Waals surface area contributed by atoms with Gasteiger partial charge in [-0.15, -0.1) is 0 Å². The standard InChI is InChI=1S/C15H23FO2S/c1-3-7-17-14-10-12(6-5-9-19)13(16)11-15(14)18-8-4-2/h10-11,19H,3-9H2,1-2H3. The Bertz CT molecular complexity index is 383. The van der Waals surface area contributed by atoms with Crippen LogP contribution in [0.4, 0.5) is 4.39 Å². The van der Waals surface area contributed by atoms with Crippen LogP contribution in [0.15, 0.2) is 12.1 Å². The lowest BCUT2D eigenvalue weighted by molar-refractivity contribution is 0.266. The molecule has 0 atom stereocenters. The first-order valence-corrected chi connectivity index (χ1v) is 7.55. The number of rotatable bonds is 9. The van der Waals surface area contributed by atoms with Crippen LogP contribution in [-0.4, -0.2) is 19.0 Å². The fourth-order valence-electron chi connectivity index (χ4n) is 1.69. The average Bonchev–Trinajstić information content (AvgIpc) is 2.42. The molecule has 0 fully saturated rings. The third kappa shape index (κ3) is 5.31. The van der Waals surface area contributed by atoms with E-state index in [0.717, 1.165) is 25.0 Å². The van der Waals surface area contributed by atoms with Gasteiger partial charge in [-0.05, 0) is 43.1 Å². The van der Waals surface area contributed by atoms with Gasteiger partial charge in [-0.1, -0.05) is 13.8 Å². The van der Waals surface area contributed by atoms with Gasteiger partial charge in [0, 0.05) is 6.07 Å². The molecule has 1 rings (SSSR count). The second-order valence-corrected chi connectivity index (χ2v) is 4.86. The summed E-state index contributed by atoms with van der Waals surface area (Å²) < 4.78 is 25.1. The summed E-state index contributed by atoms with van der Waals surface area (Å²) in [5.74, 6) is 1.67. The first-order valence-electron chi connectivity index (χ1n) is 6.91. The van der Waals surface area contributed by atoms with Crippen LogP contribution in [0.1, 0.15) is 38.7 Å². The molecule has 0 aromatic heterocycles. The van der Waals surface area contributed by atoms with Gasteiger partial charge in [0.05, 0.1) is 13.2 Å². The summed E-state index contributed by atoms with van der Waals surface area (Å²) in [6, 6.07) is 3.20. The second-order valence-electron chi connectivity index (χ2n) is 4.41. The van der Waals surface area contributed by atoms with Crippen molar-refractivity contribution >= 4 is 12.6 Å². The Labute approximate surface area is 120 Å². The minimum Gasteiger partial charge on any atom is -0.490 e. The predicted molar refractivity (Wildman–Crippen MR) is 80.1 cm³/mol. The lowest BCUT2D eigenvalue weighted by atomic mass is 10.1. The van der Waals surface area contributed by atoms with Crippen LogP contribution < -0.4 is 9.47 Å². The van der Waals surface area contributed by atoms with E-state index in [2.05, 4.69) is 12.6 Å². The number of ether oxygens (including phenoxy) is 2. The molecule has 0 heterocycles. The molecule has 0 spiro atoms. The Morgan fingerprint density at radius 1 is 1.05 bits per heavy atom. The van der Waals surface area contributed by atoms with Crippen LogP contribution in [0.3, 0.4) is 0 Å². The monoisotopic (exact) mass is 286 g/mol. The molecule has 0 N–H and O–H groups in total. The maximum Gasteiger partial charge on any atom is 0.164 e. The van der Waals surface area contributed by atoms with Crippen molar-refractivity contribution in [2.24, 2.45) is 0 Å². The Kier molecular flexibility index (Phi) is 7.72. The van der Waals surface area contributed by atoms with E-state index in [9.17, 15) is 4.39 Å². The SMILES string of the molecule is CCCOc1cc(F)c(CCCS)cc1OCCC. The van der Waals surface area contributed by atoms with Crippen molar-refractivity contribution in [3.05, 3.63) is 23.5 Å². The van der Waals surface area contributed by atoms with E-state index in [4.69, 9.17) is 9.47 Å². The van der Waals surface area contributed by atoms with Crippen LogP contribution in [0.25, 0.3) is 0 Å². The second kappa shape index (κ2) is 9.08. The number of aryl methyl sites for hydroxylation is 1. The highest BCUT2D eigenvalue weighted by atomic mass is 32.1. The first kappa shape index (κ1) is 16.2. The Hall–Kier alpha value is -0.900. The summed E-state index contributed by atoms with van der Waals surface area (Å²) in [5.41, 5.74) is 0.670. The summed E-state index contributed by atoms with van der Waals surface area (Å²) in [4.78, 5) is 0. The maximum absolute atomic E-state index is 13.9. The van der Waals surface area contributed by atoms with Crippen LogP contribution >= 0.6 is 12.6 Å². The highest BCUT2D eigenvalue weighted by Gasteiger charge is 2.12. The topological polar surface area (TPSA) is 18.5 Å². The molecule has 0 saturated heterocycles. The molecule has 0 aliphatic rings. The molecule has 1 aromatic carbocycles. The molecule has 4 heteroatoms. The molecule has 0 saturated carbocycles. The molecule has 0 amide bonds. The van der Waals surface area contributed by atoms with Crippen LogP contribution in [0, 0.1) is 5.82 Å². The molecule has 0 aliphatic heterocycles. The summed E-state index contributed by atoms with van der Waals surface area (Å²) in [5, 5.41) is 0. The zero-order valence-electron chi connectivity index (χ0n) is 11.7. The van der Waals surface area contributed by atoms with Gasteiger partial charge in [0.1, 0.15) is 5.82 Å². The molecular weight excluding hydrogens is 263 g/mol. The number of benzene rings is 1. The average molecular weight is 286 g/mol. The lowest BCUT2D eigenvalue weighted by Gasteiger charge is -2.14. The van der Waals surface area contributed by atoms with Crippen molar-refractivity contribution in [2.45, 2.75) is 39.5 Å². The molecule has 19 heavy (non-hydrogen) atoms. The molecule has 0 bridgehead atoms. The zero-order valence-corrected chi connectivity index (χ0v) is 12.6. The van der Waals surface area contributed by atoms with Gasteiger partial charge in [-0.2, -0.15) is 12.6 Å². The van der Waals surface area contributed by atoms with Crippen molar-refractivity contribution in [1.82, 2.24) is 0 Å². The third-order valence-electron chi connectivity index (χ3n) is 2.64. The maximum atomic E-state index is 13.9. The van der Waals surface area contributed by atoms with Crippen molar-refractivity contribution in [3.63, 3.8) is 0 Å². The Morgan fingerprint density at radius 3 is 2.16 bits per heavy atom. The quantitative estimate of drug-likeness (QED) is 0.684. The predicted octanol–water partition coefficient (Wildman–Crippen LogP) is 4.27. The normalized spacial score (nSPS) is 10.5. The fourth-order valence-corrected chi connectivity index (χ4v) is 1.85. The molecule has 1 aromatic rings. The largest absolute Gasteiger partial charge is 0.490 e. The van der Waals surface area contributed by atoms with Gasteiger partial charge < -0.3 is 9.47 Å². The van der Waals surface area contributed by atoms with Crippen molar-refractivity contribution in [3.8, 4) is 11.5 Å². The Morgan fingerprint density at radius 2 is 1.63 bits per heavy atom. The van der Waals surface area contributed by atoms with Gasteiger partial charge in [0.15, 0.2) is 11.5 Å². The first-order chi connectivity index (χ1) is 9.22. The van der Waals surface area contributed by atoms with Crippen LogP contribution in [-0.2, 0) is 6.42 Å². The van der Waals surface area contributed by atoms with E-state index in [1.807, 2.05) is 13.8 Å². The summed E-state index contributed by atoms with van der Waals surface area (Å²) in [6.07, 6.45) is 3.32. The summed E-state index contributed by atoms with van der Waals surface area (Å²) >= 11 is 4.16. The number of hydrogen-bond donors (Lipinski definition) is 1. The highest BCUT2D eigenvalue weighted by molar-refractivity contribution is 7.80. The van der Waals surface area contributed by atoms with E-state index >= 15 is 0 Å². The van der Waals surface area contributed by atoms with Gasteiger partial charge in [0.25, 0.3) is 0 Å². The lowest BCUT2D eigenvalue weighted by Crippen LogP contribution is -2.03. The fraction of sp³-hybridized carbons (Fsp3) is 0.600. The van der Waals surface area contributed by atoms with Crippen molar-refractivity contribution in [2.75, 3.05) is 19.0 Å². The molecule has 2 nitrogen and oxygen atoms in total. The van der Waals surface area contributed by atoms with Crippen LogP contribution in [0.5, 0.6) is 11.5 Å². The van der Waals surface area contributed by atoms with Gasteiger partial charge >= 0.3 is 0 Å². The minimum atomic E-state index is -0.225. The van der Waals surface area contributed by atoms with E-state index in [1.54, 1.807) is 6.07 Å². The van der Waals surface area contributed by atoms with Gasteiger partial charge in [0.2, 0.25) is 0 Å². The molecule has 0 unspecified atom stereocenters.